The molecule has 0 spiro atoms. The van der Waals surface area contributed by atoms with Crippen LogP contribution < -0.4 is 0 Å². The minimum Gasteiger partial charge on any atom is -0.270 e. The molecule has 0 saturated heterocycles. The topological polar surface area (TPSA) is 17.8 Å². The fourth-order valence-electron chi connectivity index (χ4n) is 1.99. The molecule has 0 radical (unpaired) electrons. The molecule has 2 nitrogen and oxygen atoms in total. The maximum absolute atomic E-state index is 4.59. The van der Waals surface area contributed by atoms with E-state index in [1.54, 1.807) is 0 Å². The second-order valence-corrected chi connectivity index (χ2v) is 5.58. The number of hydrogen-bond acceptors (Lipinski definition) is 1. The van der Waals surface area contributed by atoms with Crippen molar-refractivity contribution < 1.29 is 0 Å². The third-order valence-corrected chi connectivity index (χ3v) is 4.66. The Morgan fingerprint density at radius 1 is 1.38 bits per heavy atom. The SMILES string of the molecule is CCc1cc(CC(C)C(Br)CC)n(CC)n1. The van der Waals surface area contributed by atoms with Gasteiger partial charge >= 0.3 is 0 Å². The molecule has 0 aliphatic heterocycles. The summed E-state index contributed by atoms with van der Waals surface area (Å²) in [6.07, 6.45) is 3.33. The number of aromatic nitrogens is 2. The van der Waals surface area contributed by atoms with Crippen LogP contribution in [0.3, 0.4) is 0 Å². The first-order valence-corrected chi connectivity index (χ1v) is 7.23. The highest BCUT2D eigenvalue weighted by Crippen LogP contribution is 2.21. The molecule has 1 aromatic rings. The summed E-state index contributed by atoms with van der Waals surface area (Å²) in [5, 5.41) is 4.59. The van der Waals surface area contributed by atoms with Crippen molar-refractivity contribution in [2.24, 2.45) is 5.92 Å². The number of rotatable bonds is 6. The Morgan fingerprint density at radius 2 is 2.06 bits per heavy atom. The second kappa shape index (κ2) is 6.43. The Morgan fingerprint density at radius 3 is 2.56 bits per heavy atom. The lowest BCUT2D eigenvalue weighted by Crippen LogP contribution is -2.15. The van der Waals surface area contributed by atoms with Gasteiger partial charge in [-0.2, -0.15) is 5.10 Å². The predicted octanol–water partition coefficient (Wildman–Crippen LogP) is 3.82. The summed E-state index contributed by atoms with van der Waals surface area (Å²) in [6.45, 7) is 9.83. The Kier molecular flexibility index (Phi) is 5.53. The van der Waals surface area contributed by atoms with E-state index in [4.69, 9.17) is 0 Å². The highest BCUT2D eigenvalue weighted by atomic mass is 79.9. The molecule has 1 rings (SSSR count). The van der Waals surface area contributed by atoms with Crippen LogP contribution in [0.5, 0.6) is 0 Å². The lowest BCUT2D eigenvalue weighted by Gasteiger charge is -2.16. The molecule has 0 N–H and O–H groups in total. The van der Waals surface area contributed by atoms with Gasteiger partial charge < -0.3 is 0 Å². The first kappa shape index (κ1) is 13.8. The number of hydrogen-bond donors (Lipinski definition) is 0. The molecule has 92 valence electrons. The molecule has 0 saturated carbocycles. The van der Waals surface area contributed by atoms with Crippen molar-refractivity contribution in [3.63, 3.8) is 0 Å². The molecule has 2 unspecified atom stereocenters. The minimum absolute atomic E-state index is 0.609. The van der Waals surface area contributed by atoms with Gasteiger partial charge in [0.25, 0.3) is 0 Å². The van der Waals surface area contributed by atoms with Crippen molar-refractivity contribution in [3.05, 3.63) is 17.5 Å². The molecule has 0 aliphatic rings. The van der Waals surface area contributed by atoms with Crippen LogP contribution >= 0.6 is 15.9 Å². The second-order valence-electron chi connectivity index (χ2n) is 4.40. The molecule has 0 fully saturated rings. The highest BCUT2D eigenvalue weighted by Gasteiger charge is 2.15. The van der Waals surface area contributed by atoms with Gasteiger partial charge in [-0.3, -0.25) is 4.68 Å². The third kappa shape index (κ3) is 3.34. The van der Waals surface area contributed by atoms with E-state index in [0.717, 1.165) is 19.4 Å². The smallest absolute Gasteiger partial charge is 0.0624 e. The van der Waals surface area contributed by atoms with Crippen LogP contribution in [0.25, 0.3) is 0 Å². The maximum atomic E-state index is 4.59. The van der Waals surface area contributed by atoms with E-state index in [9.17, 15) is 0 Å². The zero-order valence-corrected chi connectivity index (χ0v) is 12.4. The Balaban J connectivity index is 2.75. The Hall–Kier alpha value is -0.310. The van der Waals surface area contributed by atoms with Gasteiger partial charge in [-0.05, 0) is 38.2 Å². The van der Waals surface area contributed by atoms with Gasteiger partial charge in [0.15, 0.2) is 0 Å². The first-order chi connectivity index (χ1) is 7.62. The van der Waals surface area contributed by atoms with E-state index in [1.165, 1.54) is 17.8 Å². The largest absolute Gasteiger partial charge is 0.270 e. The number of nitrogens with zero attached hydrogens (tertiary/aromatic N) is 2. The van der Waals surface area contributed by atoms with E-state index in [-0.39, 0.29) is 0 Å². The molecule has 16 heavy (non-hydrogen) atoms. The average Bonchev–Trinajstić information content (AvgIpc) is 2.70. The van der Waals surface area contributed by atoms with Crippen molar-refractivity contribution in [1.82, 2.24) is 9.78 Å². The van der Waals surface area contributed by atoms with Crippen molar-refractivity contribution in [2.45, 2.75) is 58.3 Å². The maximum Gasteiger partial charge on any atom is 0.0624 e. The molecule has 1 heterocycles. The Labute approximate surface area is 108 Å². The summed E-state index contributed by atoms with van der Waals surface area (Å²) in [7, 11) is 0. The average molecular weight is 287 g/mol. The van der Waals surface area contributed by atoms with Gasteiger partial charge in [0.1, 0.15) is 0 Å². The van der Waals surface area contributed by atoms with E-state index in [0.29, 0.717) is 10.7 Å². The van der Waals surface area contributed by atoms with Gasteiger partial charge in [0, 0.05) is 17.1 Å². The summed E-state index contributed by atoms with van der Waals surface area (Å²) in [6, 6.07) is 2.26. The lowest BCUT2D eigenvalue weighted by molar-refractivity contribution is 0.509. The number of halogens is 1. The minimum atomic E-state index is 0.609. The van der Waals surface area contributed by atoms with Crippen molar-refractivity contribution in [1.29, 1.82) is 0 Å². The number of aryl methyl sites for hydroxylation is 2. The van der Waals surface area contributed by atoms with E-state index >= 15 is 0 Å². The summed E-state index contributed by atoms with van der Waals surface area (Å²) in [5.74, 6) is 0.664. The standard InChI is InChI=1S/C13H23BrN2/c1-5-11-9-12(16(7-3)15-11)8-10(4)13(14)6-2/h9-10,13H,5-8H2,1-4H3. The first-order valence-electron chi connectivity index (χ1n) is 6.31. The summed E-state index contributed by atoms with van der Waals surface area (Å²) in [5.41, 5.74) is 2.59. The van der Waals surface area contributed by atoms with Crippen LogP contribution in [0.4, 0.5) is 0 Å². The van der Waals surface area contributed by atoms with Gasteiger partial charge in [-0.1, -0.05) is 36.7 Å². The van der Waals surface area contributed by atoms with Gasteiger partial charge in [0.2, 0.25) is 0 Å². The fourth-order valence-corrected chi connectivity index (χ4v) is 2.17. The molecule has 3 heteroatoms. The van der Waals surface area contributed by atoms with Crippen LogP contribution in [0, 0.1) is 5.92 Å². The van der Waals surface area contributed by atoms with Crippen LogP contribution in [0.15, 0.2) is 6.07 Å². The zero-order valence-electron chi connectivity index (χ0n) is 10.8. The molecular formula is C13H23BrN2. The van der Waals surface area contributed by atoms with E-state index in [2.05, 4.69) is 59.5 Å². The normalized spacial score (nSPS) is 15.1. The molecule has 0 amide bonds. The summed E-state index contributed by atoms with van der Waals surface area (Å²) >= 11 is 3.74. The van der Waals surface area contributed by atoms with Crippen molar-refractivity contribution >= 4 is 15.9 Å². The van der Waals surface area contributed by atoms with Crippen LogP contribution in [-0.4, -0.2) is 14.6 Å². The Bertz CT molecular complexity index is 320. The van der Waals surface area contributed by atoms with Crippen LogP contribution in [-0.2, 0) is 19.4 Å². The van der Waals surface area contributed by atoms with Crippen LogP contribution in [0.1, 0.15) is 45.5 Å². The summed E-state index contributed by atoms with van der Waals surface area (Å²) < 4.78 is 2.14. The monoisotopic (exact) mass is 286 g/mol. The van der Waals surface area contributed by atoms with Crippen molar-refractivity contribution in [2.75, 3.05) is 0 Å². The highest BCUT2D eigenvalue weighted by molar-refractivity contribution is 9.09. The van der Waals surface area contributed by atoms with Gasteiger partial charge in [0.05, 0.1) is 5.69 Å². The van der Waals surface area contributed by atoms with Crippen LogP contribution in [0.2, 0.25) is 0 Å². The number of alkyl halides is 1. The molecule has 0 aliphatic carbocycles. The molecular weight excluding hydrogens is 264 g/mol. The predicted molar refractivity (Wildman–Crippen MR) is 73.2 cm³/mol. The molecule has 1 aromatic heterocycles. The zero-order chi connectivity index (χ0) is 12.1. The van der Waals surface area contributed by atoms with Crippen molar-refractivity contribution in [3.8, 4) is 0 Å². The molecule has 0 bridgehead atoms. The molecule has 2 atom stereocenters. The lowest BCUT2D eigenvalue weighted by atomic mass is 10.00. The molecule has 0 aromatic carbocycles. The summed E-state index contributed by atoms with van der Waals surface area (Å²) in [4.78, 5) is 0.609. The van der Waals surface area contributed by atoms with E-state index < -0.39 is 0 Å². The fraction of sp³-hybridized carbons (Fsp3) is 0.769. The quantitative estimate of drug-likeness (QED) is 0.727. The van der Waals surface area contributed by atoms with Gasteiger partial charge in [-0.15, -0.1) is 0 Å². The van der Waals surface area contributed by atoms with Gasteiger partial charge in [-0.25, -0.2) is 0 Å². The third-order valence-electron chi connectivity index (χ3n) is 3.11. The van der Waals surface area contributed by atoms with E-state index in [1.807, 2.05) is 0 Å².